The van der Waals surface area contributed by atoms with Crippen LogP contribution >= 0.6 is 0 Å². The van der Waals surface area contributed by atoms with Crippen molar-refractivity contribution in [2.24, 2.45) is 5.73 Å². The van der Waals surface area contributed by atoms with E-state index in [9.17, 15) is 0 Å². The maximum atomic E-state index is 6.24. The second-order valence-corrected chi connectivity index (χ2v) is 5.58. The molecule has 1 aliphatic carbocycles. The number of hydrogen-bond donors (Lipinski definition) is 1. The topological polar surface area (TPSA) is 40.2 Å². The highest BCUT2D eigenvalue weighted by Crippen LogP contribution is 2.32. The first-order valence-electron chi connectivity index (χ1n) is 7.27. The van der Waals surface area contributed by atoms with Gasteiger partial charge in [-0.05, 0) is 43.9 Å². The average molecular weight is 270 g/mol. The van der Waals surface area contributed by atoms with Crippen LogP contribution in [0.25, 0.3) is 0 Å². The van der Waals surface area contributed by atoms with Crippen molar-refractivity contribution in [1.82, 2.24) is 4.57 Å². The van der Waals surface area contributed by atoms with Gasteiger partial charge >= 0.3 is 0 Å². The second-order valence-electron chi connectivity index (χ2n) is 5.58. The molecule has 0 spiro atoms. The minimum absolute atomic E-state index is 0.205. The number of hydrogen-bond acceptors (Lipinski definition) is 2. The molecule has 1 unspecified atom stereocenters. The molecule has 1 aromatic heterocycles. The molecular formula is C17H22N2O. The van der Waals surface area contributed by atoms with Crippen LogP contribution in [0.1, 0.15) is 41.4 Å². The zero-order valence-corrected chi connectivity index (χ0v) is 12.2. The Kier molecular flexibility index (Phi) is 3.53. The summed E-state index contributed by atoms with van der Waals surface area (Å²) in [6, 6.07) is 10.7. The van der Waals surface area contributed by atoms with E-state index in [0.717, 1.165) is 25.1 Å². The normalized spacial score (nSPS) is 17.9. The van der Waals surface area contributed by atoms with Gasteiger partial charge in [-0.2, -0.15) is 0 Å². The van der Waals surface area contributed by atoms with Crippen LogP contribution in [0.3, 0.4) is 0 Å². The lowest BCUT2D eigenvalue weighted by Gasteiger charge is -2.21. The Hall–Kier alpha value is -1.74. The van der Waals surface area contributed by atoms with E-state index in [0.29, 0.717) is 0 Å². The first-order valence-corrected chi connectivity index (χ1v) is 7.27. The van der Waals surface area contributed by atoms with Crippen LogP contribution in [0.5, 0.6) is 5.75 Å². The SMILES string of the molecule is COc1ccccc1Cn1c(C)cc2c1CCCC2N. The maximum Gasteiger partial charge on any atom is 0.123 e. The average Bonchev–Trinajstić information content (AvgIpc) is 2.78. The molecule has 3 nitrogen and oxygen atoms in total. The molecule has 0 radical (unpaired) electrons. The Morgan fingerprint density at radius 1 is 1.35 bits per heavy atom. The number of aryl methyl sites for hydroxylation is 1. The molecule has 0 saturated heterocycles. The highest BCUT2D eigenvalue weighted by molar-refractivity contribution is 5.37. The van der Waals surface area contributed by atoms with Crippen LogP contribution in [0.15, 0.2) is 30.3 Å². The van der Waals surface area contributed by atoms with E-state index in [-0.39, 0.29) is 6.04 Å². The number of benzene rings is 1. The highest BCUT2D eigenvalue weighted by Gasteiger charge is 2.22. The Balaban J connectivity index is 1.99. The Morgan fingerprint density at radius 2 is 2.15 bits per heavy atom. The number of rotatable bonds is 3. The molecule has 3 rings (SSSR count). The van der Waals surface area contributed by atoms with Crippen molar-refractivity contribution in [3.8, 4) is 5.75 Å². The fourth-order valence-corrected chi connectivity index (χ4v) is 3.22. The fourth-order valence-electron chi connectivity index (χ4n) is 3.22. The maximum absolute atomic E-state index is 6.24. The molecule has 20 heavy (non-hydrogen) atoms. The van der Waals surface area contributed by atoms with E-state index in [4.69, 9.17) is 10.5 Å². The number of methoxy groups -OCH3 is 1. The summed E-state index contributed by atoms with van der Waals surface area (Å²) in [6.07, 6.45) is 3.42. The van der Waals surface area contributed by atoms with Crippen molar-refractivity contribution < 1.29 is 4.74 Å². The lowest BCUT2D eigenvalue weighted by molar-refractivity contribution is 0.407. The summed E-state index contributed by atoms with van der Waals surface area (Å²) >= 11 is 0. The molecule has 1 heterocycles. The molecule has 2 N–H and O–H groups in total. The van der Waals surface area contributed by atoms with Crippen LogP contribution in [0.4, 0.5) is 0 Å². The van der Waals surface area contributed by atoms with E-state index < -0.39 is 0 Å². The summed E-state index contributed by atoms with van der Waals surface area (Å²) in [6.45, 7) is 3.03. The van der Waals surface area contributed by atoms with Gasteiger partial charge in [-0.25, -0.2) is 0 Å². The molecule has 0 fully saturated rings. The van der Waals surface area contributed by atoms with Crippen molar-refractivity contribution in [3.63, 3.8) is 0 Å². The first kappa shape index (κ1) is 13.3. The molecule has 0 saturated carbocycles. The lowest BCUT2D eigenvalue weighted by Crippen LogP contribution is -2.18. The molecule has 2 aromatic rings. The van der Waals surface area contributed by atoms with Gasteiger partial charge in [0.05, 0.1) is 13.7 Å². The largest absolute Gasteiger partial charge is 0.496 e. The van der Waals surface area contributed by atoms with Gasteiger partial charge in [0.15, 0.2) is 0 Å². The molecule has 1 atom stereocenters. The highest BCUT2D eigenvalue weighted by atomic mass is 16.5. The van der Waals surface area contributed by atoms with Gasteiger partial charge in [-0.1, -0.05) is 18.2 Å². The fraction of sp³-hybridized carbons (Fsp3) is 0.412. The number of para-hydroxylation sites is 1. The van der Waals surface area contributed by atoms with Gasteiger partial charge in [0.25, 0.3) is 0 Å². The van der Waals surface area contributed by atoms with Gasteiger partial charge < -0.3 is 15.0 Å². The third kappa shape index (κ3) is 2.22. The Labute approximate surface area is 120 Å². The molecule has 0 bridgehead atoms. The third-order valence-corrected chi connectivity index (χ3v) is 4.30. The van der Waals surface area contributed by atoms with E-state index in [2.05, 4.69) is 29.7 Å². The van der Waals surface area contributed by atoms with Crippen molar-refractivity contribution in [3.05, 3.63) is 52.8 Å². The Morgan fingerprint density at radius 3 is 2.95 bits per heavy atom. The number of nitrogens with two attached hydrogens (primary N) is 1. The van der Waals surface area contributed by atoms with Gasteiger partial charge in [0, 0.05) is 23.0 Å². The van der Waals surface area contributed by atoms with E-state index >= 15 is 0 Å². The van der Waals surface area contributed by atoms with Gasteiger partial charge in [-0.3, -0.25) is 0 Å². The number of aromatic nitrogens is 1. The summed E-state index contributed by atoms with van der Waals surface area (Å²) in [7, 11) is 1.73. The predicted octanol–water partition coefficient (Wildman–Crippen LogP) is 3.19. The quantitative estimate of drug-likeness (QED) is 0.930. The summed E-state index contributed by atoms with van der Waals surface area (Å²) in [5.74, 6) is 0.953. The summed E-state index contributed by atoms with van der Waals surface area (Å²) in [5, 5.41) is 0. The zero-order chi connectivity index (χ0) is 14.1. The molecule has 1 aliphatic rings. The summed E-state index contributed by atoms with van der Waals surface area (Å²) < 4.78 is 7.86. The third-order valence-electron chi connectivity index (χ3n) is 4.30. The minimum atomic E-state index is 0.205. The first-order chi connectivity index (χ1) is 9.70. The van der Waals surface area contributed by atoms with Crippen LogP contribution in [-0.4, -0.2) is 11.7 Å². The van der Waals surface area contributed by atoms with E-state index in [1.165, 1.54) is 28.9 Å². The zero-order valence-electron chi connectivity index (χ0n) is 12.2. The van der Waals surface area contributed by atoms with Crippen LogP contribution in [0, 0.1) is 6.92 Å². The van der Waals surface area contributed by atoms with Crippen molar-refractivity contribution in [2.45, 2.75) is 38.8 Å². The Bertz CT molecular complexity index is 615. The predicted molar refractivity (Wildman–Crippen MR) is 81.1 cm³/mol. The summed E-state index contributed by atoms with van der Waals surface area (Å²) in [5.41, 5.74) is 11.5. The monoisotopic (exact) mass is 270 g/mol. The van der Waals surface area contributed by atoms with E-state index in [1.54, 1.807) is 7.11 Å². The van der Waals surface area contributed by atoms with Gasteiger partial charge in [0.2, 0.25) is 0 Å². The molecular weight excluding hydrogens is 248 g/mol. The number of nitrogens with zero attached hydrogens (tertiary/aromatic N) is 1. The van der Waals surface area contributed by atoms with E-state index in [1.807, 2.05) is 12.1 Å². The van der Waals surface area contributed by atoms with Crippen molar-refractivity contribution in [1.29, 1.82) is 0 Å². The second kappa shape index (κ2) is 5.33. The molecule has 0 aliphatic heterocycles. The number of fused-ring (bicyclic) bond motifs is 1. The van der Waals surface area contributed by atoms with Gasteiger partial charge in [-0.15, -0.1) is 0 Å². The molecule has 106 valence electrons. The lowest BCUT2D eigenvalue weighted by atomic mass is 9.93. The van der Waals surface area contributed by atoms with Gasteiger partial charge in [0.1, 0.15) is 5.75 Å². The van der Waals surface area contributed by atoms with Crippen LogP contribution in [-0.2, 0) is 13.0 Å². The minimum Gasteiger partial charge on any atom is -0.496 e. The summed E-state index contributed by atoms with van der Waals surface area (Å²) in [4.78, 5) is 0. The molecule has 1 aromatic carbocycles. The standard InChI is InChI=1S/C17H22N2O/c1-12-10-14-15(18)7-5-8-16(14)19(12)11-13-6-3-4-9-17(13)20-2/h3-4,6,9-10,15H,5,7-8,11,18H2,1-2H3. The van der Waals surface area contributed by atoms with Crippen LogP contribution < -0.4 is 10.5 Å². The van der Waals surface area contributed by atoms with Crippen LogP contribution in [0.2, 0.25) is 0 Å². The molecule has 0 amide bonds. The number of ether oxygens (including phenoxy) is 1. The van der Waals surface area contributed by atoms with Crippen molar-refractivity contribution in [2.75, 3.05) is 7.11 Å². The van der Waals surface area contributed by atoms with Crippen molar-refractivity contribution >= 4 is 0 Å². The molecule has 3 heteroatoms. The smallest absolute Gasteiger partial charge is 0.123 e.